The highest BCUT2D eigenvalue weighted by Gasteiger charge is 2.17. The van der Waals surface area contributed by atoms with Gasteiger partial charge in [-0.25, -0.2) is 0 Å². The van der Waals surface area contributed by atoms with Crippen LogP contribution in [0, 0.1) is 11.8 Å². The van der Waals surface area contributed by atoms with E-state index in [1.807, 2.05) is 0 Å². The summed E-state index contributed by atoms with van der Waals surface area (Å²) in [4.78, 5) is 0. The summed E-state index contributed by atoms with van der Waals surface area (Å²) in [6, 6.07) is 0. The third-order valence-electron chi connectivity index (χ3n) is 3.59. The predicted molar refractivity (Wildman–Crippen MR) is 68.0 cm³/mol. The zero-order chi connectivity index (χ0) is 11.1. The Kier molecular flexibility index (Phi) is 6.00. The Bertz CT molecular complexity index is 178. The van der Waals surface area contributed by atoms with E-state index in [-0.39, 0.29) is 0 Å². The van der Waals surface area contributed by atoms with Crippen molar-refractivity contribution in [1.29, 1.82) is 0 Å². The second kappa shape index (κ2) is 7.05. The molecule has 0 spiro atoms. The predicted octanol–water partition coefficient (Wildman–Crippen LogP) is 3.76. The maximum absolute atomic E-state index is 3.91. The fourth-order valence-corrected chi connectivity index (χ4v) is 2.35. The van der Waals surface area contributed by atoms with E-state index < -0.39 is 0 Å². The van der Waals surface area contributed by atoms with Gasteiger partial charge in [0.15, 0.2) is 0 Å². The SMILES string of the molecule is C=C(C)CCNCCC1CCC(C)CC1. The Hall–Kier alpha value is -0.300. The van der Waals surface area contributed by atoms with Crippen molar-refractivity contribution < 1.29 is 0 Å². The van der Waals surface area contributed by atoms with Crippen LogP contribution in [0.2, 0.25) is 0 Å². The molecule has 1 heteroatoms. The first-order valence-electron chi connectivity index (χ1n) is 6.53. The number of hydrogen-bond acceptors (Lipinski definition) is 1. The molecular formula is C14H27N. The van der Waals surface area contributed by atoms with Crippen molar-refractivity contribution in [2.75, 3.05) is 13.1 Å². The summed E-state index contributed by atoms with van der Waals surface area (Å²) < 4.78 is 0. The van der Waals surface area contributed by atoms with E-state index in [9.17, 15) is 0 Å². The highest BCUT2D eigenvalue weighted by Crippen LogP contribution is 2.29. The Morgan fingerprint density at radius 1 is 1.20 bits per heavy atom. The second-order valence-corrected chi connectivity index (χ2v) is 5.37. The fourth-order valence-electron chi connectivity index (χ4n) is 2.35. The molecule has 0 aliphatic heterocycles. The van der Waals surface area contributed by atoms with Gasteiger partial charge in [-0.3, -0.25) is 0 Å². The molecule has 0 bridgehead atoms. The molecule has 1 aliphatic carbocycles. The lowest BCUT2D eigenvalue weighted by Crippen LogP contribution is -2.21. The largest absolute Gasteiger partial charge is 0.316 e. The first-order valence-corrected chi connectivity index (χ1v) is 6.53. The summed E-state index contributed by atoms with van der Waals surface area (Å²) in [5.74, 6) is 1.98. The lowest BCUT2D eigenvalue weighted by molar-refractivity contribution is 0.275. The lowest BCUT2D eigenvalue weighted by Gasteiger charge is -2.26. The van der Waals surface area contributed by atoms with Gasteiger partial charge in [0.2, 0.25) is 0 Å². The first-order chi connectivity index (χ1) is 7.18. The molecule has 88 valence electrons. The highest BCUT2D eigenvalue weighted by molar-refractivity contribution is 4.88. The summed E-state index contributed by atoms with van der Waals surface area (Å²) >= 11 is 0. The molecule has 0 aromatic rings. The quantitative estimate of drug-likeness (QED) is 0.519. The van der Waals surface area contributed by atoms with Crippen LogP contribution in [-0.2, 0) is 0 Å². The fraction of sp³-hybridized carbons (Fsp3) is 0.857. The van der Waals surface area contributed by atoms with Gasteiger partial charge in [-0.1, -0.05) is 38.2 Å². The Morgan fingerprint density at radius 2 is 1.87 bits per heavy atom. The first kappa shape index (κ1) is 12.8. The minimum absolute atomic E-state index is 0.984. The van der Waals surface area contributed by atoms with Crippen LogP contribution in [0.4, 0.5) is 0 Å². The van der Waals surface area contributed by atoms with Gasteiger partial charge in [0.1, 0.15) is 0 Å². The van der Waals surface area contributed by atoms with E-state index in [1.54, 1.807) is 0 Å². The zero-order valence-corrected chi connectivity index (χ0v) is 10.5. The normalized spacial score (nSPS) is 26.5. The summed E-state index contributed by atoms with van der Waals surface area (Å²) in [6.45, 7) is 10.7. The highest BCUT2D eigenvalue weighted by atomic mass is 14.8. The third-order valence-corrected chi connectivity index (χ3v) is 3.59. The van der Waals surface area contributed by atoms with Crippen LogP contribution >= 0.6 is 0 Å². The Morgan fingerprint density at radius 3 is 2.47 bits per heavy atom. The topological polar surface area (TPSA) is 12.0 Å². The van der Waals surface area contributed by atoms with Crippen LogP contribution in [0.5, 0.6) is 0 Å². The van der Waals surface area contributed by atoms with E-state index in [0.29, 0.717) is 0 Å². The van der Waals surface area contributed by atoms with Crippen molar-refractivity contribution in [2.45, 2.75) is 52.4 Å². The smallest absolute Gasteiger partial charge is 0.00118 e. The molecule has 1 fully saturated rings. The molecule has 0 amide bonds. The van der Waals surface area contributed by atoms with Crippen LogP contribution < -0.4 is 5.32 Å². The van der Waals surface area contributed by atoms with Crippen LogP contribution in [-0.4, -0.2) is 13.1 Å². The molecule has 1 N–H and O–H groups in total. The molecule has 15 heavy (non-hydrogen) atoms. The van der Waals surface area contributed by atoms with Crippen molar-refractivity contribution in [3.8, 4) is 0 Å². The van der Waals surface area contributed by atoms with Crippen LogP contribution in [0.15, 0.2) is 12.2 Å². The van der Waals surface area contributed by atoms with Crippen LogP contribution in [0.1, 0.15) is 52.4 Å². The molecule has 0 unspecified atom stereocenters. The lowest BCUT2D eigenvalue weighted by atomic mass is 9.81. The minimum atomic E-state index is 0.984. The molecular weight excluding hydrogens is 182 g/mol. The molecule has 1 rings (SSSR count). The number of hydrogen-bond donors (Lipinski definition) is 1. The van der Waals surface area contributed by atoms with Crippen molar-refractivity contribution in [3.63, 3.8) is 0 Å². The summed E-state index contributed by atoms with van der Waals surface area (Å²) in [5.41, 5.74) is 1.29. The molecule has 0 heterocycles. The van der Waals surface area contributed by atoms with Gasteiger partial charge in [0.05, 0.1) is 0 Å². The standard InChI is InChI=1S/C14H27N/c1-12(2)8-10-15-11-9-14-6-4-13(3)5-7-14/h13-15H,1,4-11H2,2-3H3. The molecule has 0 saturated heterocycles. The van der Waals surface area contributed by atoms with E-state index in [2.05, 4.69) is 25.7 Å². The van der Waals surface area contributed by atoms with E-state index >= 15 is 0 Å². The van der Waals surface area contributed by atoms with E-state index in [1.165, 1.54) is 44.2 Å². The maximum atomic E-state index is 3.91. The van der Waals surface area contributed by atoms with Crippen molar-refractivity contribution in [2.24, 2.45) is 11.8 Å². The minimum Gasteiger partial charge on any atom is -0.316 e. The average molecular weight is 209 g/mol. The van der Waals surface area contributed by atoms with Crippen molar-refractivity contribution >= 4 is 0 Å². The van der Waals surface area contributed by atoms with Gasteiger partial charge in [0.25, 0.3) is 0 Å². The van der Waals surface area contributed by atoms with Crippen molar-refractivity contribution in [3.05, 3.63) is 12.2 Å². The van der Waals surface area contributed by atoms with Crippen molar-refractivity contribution in [1.82, 2.24) is 5.32 Å². The van der Waals surface area contributed by atoms with Gasteiger partial charge in [-0.15, -0.1) is 6.58 Å². The van der Waals surface area contributed by atoms with Gasteiger partial charge < -0.3 is 5.32 Å². The van der Waals surface area contributed by atoms with E-state index in [0.717, 1.165) is 24.8 Å². The van der Waals surface area contributed by atoms with Crippen LogP contribution in [0.3, 0.4) is 0 Å². The van der Waals surface area contributed by atoms with E-state index in [4.69, 9.17) is 0 Å². The molecule has 0 radical (unpaired) electrons. The second-order valence-electron chi connectivity index (χ2n) is 5.37. The van der Waals surface area contributed by atoms with Crippen LogP contribution in [0.25, 0.3) is 0 Å². The van der Waals surface area contributed by atoms with Gasteiger partial charge in [-0.2, -0.15) is 0 Å². The molecule has 0 atom stereocenters. The molecule has 1 aliphatic rings. The summed E-state index contributed by atoms with van der Waals surface area (Å²) in [6.07, 6.45) is 8.34. The molecule has 0 aromatic carbocycles. The number of nitrogens with one attached hydrogen (secondary N) is 1. The average Bonchev–Trinajstić information content (AvgIpc) is 2.20. The van der Waals surface area contributed by atoms with Gasteiger partial charge in [-0.05, 0) is 44.7 Å². The molecule has 1 saturated carbocycles. The van der Waals surface area contributed by atoms with Gasteiger partial charge >= 0.3 is 0 Å². The zero-order valence-electron chi connectivity index (χ0n) is 10.5. The van der Waals surface area contributed by atoms with Gasteiger partial charge in [0, 0.05) is 0 Å². The molecule has 1 nitrogen and oxygen atoms in total. The Balaban J connectivity index is 1.94. The third kappa shape index (κ3) is 5.99. The maximum Gasteiger partial charge on any atom is -0.00118 e. The summed E-state index contributed by atoms with van der Waals surface area (Å²) in [7, 11) is 0. The Labute approximate surface area is 95.3 Å². The summed E-state index contributed by atoms with van der Waals surface area (Å²) in [5, 5.41) is 3.51. The number of rotatable bonds is 6. The molecule has 0 aromatic heterocycles. The monoisotopic (exact) mass is 209 g/mol.